The first-order chi connectivity index (χ1) is 11.3. The number of nitrogens with one attached hydrogen (secondary N) is 1. The number of hydrogen-bond acceptors (Lipinski definition) is 4. The van der Waals surface area contributed by atoms with Crippen LogP contribution in [0.4, 0.5) is 0 Å². The zero-order chi connectivity index (χ0) is 16.3. The Morgan fingerprint density at radius 3 is 2.42 bits per heavy atom. The molecule has 0 atom stereocenters. The maximum absolute atomic E-state index is 5.86. The molecule has 0 amide bonds. The van der Waals surface area contributed by atoms with Crippen molar-refractivity contribution in [2.75, 3.05) is 27.4 Å². The Hall–Kier alpha value is -1.75. The first-order valence-electron chi connectivity index (χ1n) is 7.87. The Balaban J connectivity index is 0.00000288. The third-order valence-corrected chi connectivity index (χ3v) is 3.50. The highest BCUT2D eigenvalue weighted by molar-refractivity contribution is 5.85. The van der Waals surface area contributed by atoms with Gasteiger partial charge in [0.1, 0.15) is 6.61 Å². The maximum Gasteiger partial charge on any atom is 0.161 e. The minimum absolute atomic E-state index is 0. The van der Waals surface area contributed by atoms with Crippen molar-refractivity contribution in [2.24, 2.45) is 0 Å². The highest BCUT2D eigenvalue weighted by Gasteiger charge is 2.06. The third kappa shape index (κ3) is 6.79. The van der Waals surface area contributed by atoms with E-state index in [1.165, 1.54) is 5.56 Å². The summed E-state index contributed by atoms with van der Waals surface area (Å²) in [7, 11) is 3.39. The van der Waals surface area contributed by atoms with Crippen molar-refractivity contribution in [3.05, 3.63) is 59.7 Å². The van der Waals surface area contributed by atoms with Gasteiger partial charge in [0, 0.05) is 20.3 Å². The zero-order valence-corrected chi connectivity index (χ0v) is 15.1. The molecule has 1 N–H and O–H groups in total. The molecule has 4 nitrogen and oxygen atoms in total. The lowest BCUT2D eigenvalue weighted by molar-refractivity contribution is 0.194. The van der Waals surface area contributed by atoms with E-state index in [1.807, 2.05) is 42.5 Å². The smallest absolute Gasteiger partial charge is 0.161 e. The van der Waals surface area contributed by atoms with Gasteiger partial charge in [-0.3, -0.25) is 0 Å². The van der Waals surface area contributed by atoms with E-state index in [1.54, 1.807) is 14.2 Å². The lowest BCUT2D eigenvalue weighted by Gasteiger charge is -2.13. The van der Waals surface area contributed by atoms with Gasteiger partial charge in [0.15, 0.2) is 11.5 Å². The second kappa shape index (κ2) is 11.7. The molecule has 2 aromatic carbocycles. The van der Waals surface area contributed by atoms with E-state index in [0.717, 1.165) is 43.2 Å². The van der Waals surface area contributed by atoms with Gasteiger partial charge < -0.3 is 19.5 Å². The van der Waals surface area contributed by atoms with E-state index in [-0.39, 0.29) is 12.4 Å². The summed E-state index contributed by atoms with van der Waals surface area (Å²) in [5, 5.41) is 3.39. The summed E-state index contributed by atoms with van der Waals surface area (Å²) in [6, 6.07) is 16.2. The van der Waals surface area contributed by atoms with Gasteiger partial charge >= 0.3 is 0 Å². The number of benzene rings is 2. The first kappa shape index (κ1) is 20.3. The number of rotatable bonds is 10. The fourth-order valence-electron chi connectivity index (χ4n) is 2.25. The third-order valence-electron chi connectivity index (χ3n) is 3.50. The van der Waals surface area contributed by atoms with Crippen LogP contribution >= 0.6 is 12.4 Å². The van der Waals surface area contributed by atoms with Gasteiger partial charge in [0.05, 0.1) is 7.11 Å². The zero-order valence-electron chi connectivity index (χ0n) is 14.3. The summed E-state index contributed by atoms with van der Waals surface area (Å²) in [5.74, 6) is 1.52. The van der Waals surface area contributed by atoms with E-state index in [2.05, 4.69) is 11.4 Å². The van der Waals surface area contributed by atoms with Crippen LogP contribution < -0.4 is 14.8 Å². The molecule has 0 aliphatic heterocycles. The summed E-state index contributed by atoms with van der Waals surface area (Å²) in [5.41, 5.74) is 2.31. The summed E-state index contributed by atoms with van der Waals surface area (Å²) in [6.07, 6.45) is 1.01. The van der Waals surface area contributed by atoms with Gasteiger partial charge in [-0.05, 0) is 36.2 Å². The van der Waals surface area contributed by atoms with Crippen LogP contribution in [0.1, 0.15) is 17.5 Å². The molecule has 0 saturated carbocycles. The first-order valence-corrected chi connectivity index (χ1v) is 7.87. The van der Waals surface area contributed by atoms with Crippen LogP contribution in [0, 0.1) is 0 Å². The SMILES string of the molecule is COCCCNCc1ccc(OCc2ccccc2)c(OC)c1.Cl. The van der Waals surface area contributed by atoms with Gasteiger partial charge in [-0.2, -0.15) is 0 Å². The molecule has 0 spiro atoms. The van der Waals surface area contributed by atoms with Gasteiger partial charge in [-0.15, -0.1) is 12.4 Å². The second-order valence-electron chi connectivity index (χ2n) is 5.28. The predicted octanol–water partition coefficient (Wildman–Crippen LogP) is 3.82. The molecule has 5 heteroatoms. The highest BCUT2D eigenvalue weighted by Crippen LogP contribution is 2.28. The molecule has 0 aromatic heterocycles. The van der Waals surface area contributed by atoms with Crippen LogP contribution in [0.3, 0.4) is 0 Å². The lowest BCUT2D eigenvalue weighted by Crippen LogP contribution is -2.16. The van der Waals surface area contributed by atoms with Crippen LogP contribution in [0.5, 0.6) is 11.5 Å². The standard InChI is InChI=1S/C19H25NO3.ClH/c1-21-12-6-11-20-14-17-9-10-18(19(13-17)22-2)23-15-16-7-4-3-5-8-16;/h3-5,7-10,13,20H,6,11-12,14-15H2,1-2H3;1H. The normalized spacial score (nSPS) is 10.1. The summed E-state index contributed by atoms with van der Waals surface area (Å²) in [4.78, 5) is 0. The molecule has 0 fully saturated rings. The van der Waals surface area contributed by atoms with Crippen molar-refractivity contribution < 1.29 is 14.2 Å². The number of halogens is 1. The van der Waals surface area contributed by atoms with Crippen LogP contribution in [-0.2, 0) is 17.9 Å². The molecule has 2 aromatic rings. The number of ether oxygens (including phenoxy) is 3. The van der Waals surface area contributed by atoms with Crippen LogP contribution in [-0.4, -0.2) is 27.4 Å². The molecule has 0 unspecified atom stereocenters. The Bertz CT molecular complexity index is 578. The van der Waals surface area contributed by atoms with E-state index >= 15 is 0 Å². The molecular formula is C19H26ClNO3. The molecule has 0 aliphatic rings. The van der Waals surface area contributed by atoms with Gasteiger partial charge in [-0.25, -0.2) is 0 Å². The van der Waals surface area contributed by atoms with Crippen molar-refractivity contribution in [1.82, 2.24) is 5.32 Å². The summed E-state index contributed by atoms with van der Waals surface area (Å²) < 4.78 is 16.3. The Morgan fingerprint density at radius 2 is 1.71 bits per heavy atom. The molecule has 24 heavy (non-hydrogen) atoms. The van der Waals surface area contributed by atoms with E-state index < -0.39 is 0 Å². The topological polar surface area (TPSA) is 39.7 Å². The van der Waals surface area contributed by atoms with Crippen molar-refractivity contribution in [3.8, 4) is 11.5 Å². The minimum atomic E-state index is 0. The van der Waals surface area contributed by atoms with E-state index in [0.29, 0.717) is 6.61 Å². The van der Waals surface area contributed by atoms with Gasteiger partial charge in [-0.1, -0.05) is 36.4 Å². The fourth-order valence-corrected chi connectivity index (χ4v) is 2.25. The highest BCUT2D eigenvalue weighted by atomic mass is 35.5. The van der Waals surface area contributed by atoms with Crippen molar-refractivity contribution >= 4 is 12.4 Å². The molecule has 0 saturated heterocycles. The summed E-state index contributed by atoms with van der Waals surface area (Å²) >= 11 is 0. The van der Waals surface area contributed by atoms with Crippen molar-refractivity contribution in [2.45, 2.75) is 19.6 Å². The summed E-state index contributed by atoms with van der Waals surface area (Å²) in [6.45, 7) is 3.05. The second-order valence-corrected chi connectivity index (χ2v) is 5.28. The van der Waals surface area contributed by atoms with Crippen LogP contribution in [0.2, 0.25) is 0 Å². The predicted molar refractivity (Wildman–Crippen MR) is 99.2 cm³/mol. The lowest BCUT2D eigenvalue weighted by atomic mass is 10.2. The van der Waals surface area contributed by atoms with Crippen molar-refractivity contribution in [1.29, 1.82) is 0 Å². The number of methoxy groups -OCH3 is 2. The average Bonchev–Trinajstić information content (AvgIpc) is 2.61. The van der Waals surface area contributed by atoms with Crippen LogP contribution in [0.25, 0.3) is 0 Å². The molecule has 0 bridgehead atoms. The maximum atomic E-state index is 5.86. The fraction of sp³-hybridized carbons (Fsp3) is 0.368. The van der Waals surface area contributed by atoms with Gasteiger partial charge in [0.2, 0.25) is 0 Å². The Morgan fingerprint density at radius 1 is 0.917 bits per heavy atom. The molecule has 0 heterocycles. The average molecular weight is 352 g/mol. The van der Waals surface area contributed by atoms with E-state index in [9.17, 15) is 0 Å². The monoisotopic (exact) mass is 351 g/mol. The van der Waals surface area contributed by atoms with Crippen LogP contribution in [0.15, 0.2) is 48.5 Å². The Kier molecular flexibility index (Phi) is 9.92. The molecule has 0 aliphatic carbocycles. The largest absolute Gasteiger partial charge is 0.493 e. The molecule has 2 rings (SSSR count). The molecular weight excluding hydrogens is 326 g/mol. The molecule has 132 valence electrons. The molecule has 0 radical (unpaired) electrons. The van der Waals surface area contributed by atoms with E-state index in [4.69, 9.17) is 14.2 Å². The van der Waals surface area contributed by atoms with Crippen molar-refractivity contribution in [3.63, 3.8) is 0 Å². The number of hydrogen-bond donors (Lipinski definition) is 1. The van der Waals surface area contributed by atoms with Gasteiger partial charge in [0.25, 0.3) is 0 Å². The minimum Gasteiger partial charge on any atom is -0.493 e. The quantitative estimate of drug-likeness (QED) is 0.660. The Labute approximate surface area is 150 Å².